The van der Waals surface area contributed by atoms with Crippen molar-refractivity contribution < 1.29 is 19.1 Å². The smallest absolute Gasteiger partial charge is 0.338 e. The quantitative estimate of drug-likeness (QED) is 0.528. The molecule has 0 bridgehead atoms. The van der Waals surface area contributed by atoms with Crippen LogP contribution in [0.25, 0.3) is 0 Å². The van der Waals surface area contributed by atoms with Gasteiger partial charge in [-0.1, -0.05) is 37.9 Å². The van der Waals surface area contributed by atoms with Gasteiger partial charge in [0.25, 0.3) is 0 Å². The number of esters is 1. The molecule has 2 aromatic carbocycles. The van der Waals surface area contributed by atoms with E-state index in [1.807, 2.05) is 13.8 Å². The summed E-state index contributed by atoms with van der Waals surface area (Å²) >= 11 is 5.93. The molecule has 0 saturated carbocycles. The summed E-state index contributed by atoms with van der Waals surface area (Å²) in [6.45, 7) is 5.84. The number of carbonyl (C=O) groups is 3. The first-order valence-corrected chi connectivity index (χ1v) is 10.1. The van der Waals surface area contributed by atoms with Gasteiger partial charge in [0.05, 0.1) is 12.2 Å². The third-order valence-electron chi connectivity index (χ3n) is 4.53. The zero-order valence-corrected chi connectivity index (χ0v) is 18.0. The van der Waals surface area contributed by atoms with E-state index in [1.54, 1.807) is 55.5 Å². The Hall–Kier alpha value is -3.06. The van der Waals surface area contributed by atoms with Crippen LogP contribution in [0.3, 0.4) is 0 Å². The van der Waals surface area contributed by atoms with Gasteiger partial charge in [0.1, 0.15) is 6.04 Å². The van der Waals surface area contributed by atoms with E-state index in [-0.39, 0.29) is 18.4 Å². The fourth-order valence-electron chi connectivity index (χ4n) is 2.70. The van der Waals surface area contributed by atoms with Crippen LogP contribution in [0.5, 0.6) is 0 Å². The van der Waals surface area contributed by atoms with Crippen LogP contribution in [0.1, 0.15) is 37.6 Å². The highest BCUT2D eigenvalue weighted by Gasteiger charge is 2.26. The molecule has 0 radical (unpaired) electrons. The topological polar surface area (TPSA) is 96.5 Å². The Morgan fingerprint density at radius 2 is 1.70 bits per heavy atom. The van der Waals surface area contributed by atoms with Crippen LogP contribution in [0.2, 0.25) is 5.02 Å². The molecule has 0 aromatic heterocycles. The van der Waals surface area contributed by atoms with Crippen LogP contribution < -0.4 is 16.0 Å². The molecule has 0 aliphatic rings. The van der Waals surface area contributed by atoms with E-state index in [9.17, 15) is 14.4 Å². The van der Waals surface area contributed by atoms with E-state index in [2.05, 4.69) is 16.0 Å². The average Bonchev–Trinajstić information content (AvgIpc) is 2.72. The summed E-state index contributed by atoms with van der Waals surface area (Å²) in [5, 5.41) is 8.67. The van der Waals surface area contributed by atoms with Gasteiger partial charge in [-0.15, -0.1) is 0 Å². The lowest BCUT2D eigenvalue weighted by Crippen LogP contribution is -2.49. The molecule has 2 unspecified atom stereocenters. The standard InChI is InChI=1S/C22H26ClN3O4/c1-4-14(3)19(26-22(29)25-18-8-6-7-16(23)13-18)20(27)24-17-11-9-15(10-12-17)21(28)30-5-2/h6-14,19H,4-5H2,1-3H3,(H,24,27)(H2,25,26,29). The molecule has 0 aliphatic heterocycles. The van der Waals surface area contributed by atoms with Crippen LogP contribution in [-0.4, -0.2) is 30.6 Å². The first-order chi connectivity index (χ1) is 14.3. The Bertz CT molecular complexity index is 886. The van der Waals surface area contributed by atoms with Crippen LogP contribution in [0.4, 0.5) is 16.2 Å². The minimum atomic E-state index is -0.751. The molecule has 160 valence electrons. The summed E-state index contributed by atoms with van der Waals surface area (Å²) in [7, 11) is 0. The molecule has 0 fully saturated rings. The van der Waals surface area contributed by atoms with E-state index >= 15 is 0 Å². The molecule has 2 rings (SSSR count). The predicted molar refractivity (Wildman–Crippen MR) is 118 cm³/mol. The number of nitrogens with one attached hydrogen (secondary N) is 3. The van der Waals surface area contributed by atoms with Gasteiger partial charge in [0, 0.05) is 16.4 Å². The lowest BCUT2D eigenvalue weighted by molar-refractivity contribution is -0.119. The van der Waals surface area contributed by atoms with E-state index < -0.39 is 18.0 Å². The lowest BCUT2D eigenvalue weighted by Gasteiger charge is -2.23. The first kappa shape index (κ1) is 23.2. The van der Waals surface area contributed by atoms with E-state index in [0.29, 0.717) is 28.4 Å². The minimum absolute atomic E-state index is 0.103. The lowest BCUT2D eigenvalue weighted by atomic mass is 9.98. The van der Waals surface area contributed by atoms with Crippen molar-refractivity contribution >= 4 is 40.9 Å². The van der Waals surface area contributed by atoms with E-state index in [0.717, 1.165) is 0 Å². The molecule has 3 amide bonds. The minimum Gasteiger partial charge on any atom is -0.462 e. The summed E-state index contributed by atoms with van der Waals surface area (Å²) in [4.78, 5) is 36.9. The summed E-state index contributed by atoms with van der Waals surface area (Å²) in [5.74, 6) is -0.879. The molecule has 2 aromatic rings. The molecular formula is C22H26ClN3O4. The number of ether oxygens (including phenoxy) is 1. The maximum Gasteiger partial charge on any atom is 0.338 e. The molecular weight excluding hydrogens is 406 g/mol. The summed E-state index contributed by atoms with van der Waals surface area (Å²) in [6, 6.07) is 11.9. The second-order valence-corrected chi connectivity index (χ2v) is 7.20. The number of halogens is 1. The molecule has 8 heteroatoms. The van der Waals surface area contributed by atoms with Crippen molar-refractivity contribution in [3.8, 4) is 0 Å². The molecule has 0 spiro atoms. The summed E-state index contributed by atoms with van der Waals surface area (Å²) in [5.41, 5.74) is 1.43. The molecule has 2 atom stereocenters. The Kier molecular flexibility index (Phi) is 8.68. The first-order valence-electron chi connectivity index (χ1n) is 9.75. The maximum atomic E-state index is 12.8. The number of carbonyl (C=O) groups excluding carboxylic acids is 3. The Morgan fingerprint density at radius 3 is 2.30 bits per heavy atom. The Morgan fingerprint density at radius 1 is 1.00 bits per heavy atom. The zero-order chi connectivity index (χ0) is 22.1. The van der Waals surface area contributed by atoms with Gasteiger partial charge in [-0.3, -0.25) is 4.79 Å². The largest absolute Gasteiger partial charge is 0.462 e. The van der Waals surface area contributed by atoms with Gasteiger partial charge in [-0.25, -0.2) is 9.59 Å². The second kappa shape index (κ2) is 11.2. The highest BCUT2D eigenvalue weighted by Crippen LogP contribution is 2.16. The number of hydrogen-bond donors (Lipinski definition) is 3. The molecule has 0 saturated heterocycles. The number of anilines is 2. The Labute approximate surface area is 181 Å². The fraction of sp³-hybridized carbons (Fsp3) is 0.318. The second-order valence-electron chi connectivity index (χ2n) is 6.76. The van der Waals surface area contributed by atoms with E-state index in [1.165, 1.54) is 0 Å². The number of hydrogen-bond acceptors (Lipinski definition) is 4. The van der Waals surface area contributed by atoms with Crippen molar-refractivity contribution in [1.29, 1.82) is 0 Å². The normalized spacial score (nSPS) is 12.4. The van der Waals surface area contributed by atoms with Crippen molar-refractivity contribution in [2.45, 2.75) is 33.2 Å². The van der Waals surface area contributed by atoms with Crippen molar-refractivity contribution in [1.82, 2.24) is 5.32 Å². The predicted octanol–water partition coefficient (Wildman–Crippen LogP) is 4.69. The van der Waals surface area contributed by atoms with Gasteiger partial charge in [0.15, 0.2) is 0 Å². The highest BCUT2D eigenvalue weighted by atomic mass is 35.5. The third kappa shape index (κ3) is 6.77. The van der Waals surface area contributed by atoms with Gasteiger partial charge in [-0.05, 0) is 55.3 Å². The van der Waals surface area contributed by atoms with Gasteiger partial charge in [-0.2, -0.15) is 0 Å². The molecule has 0 heterocycles. The molecule has 0 aliphatic carbocycles. The van der Waals surface area contributed by atoms with Crippen molar-refractivity contribution in [3.05, 3.63) is 59.1 Å². The van der Waals surface area contributed by atoms with Gasteiger partial charge in [0.2, 0.25) is 5.91 Å². The van der Waals surface area contributed by atoms with Crippen molar-refractivity contribution in [2.24, 2.45) is 5.92 Å². The number of benzene rings is 2. The van der Waals surface area contributed by atoms with Crippen LogP contribution >= 0.6 is 11.6 Å². The number of rotatable bonds is 8. The van der Waals surface area contributed by atoms with Crippen molar-refractivity contribution in [2.75, 3.05) is 17.2 Å². The number of amides is 3. The van der Waals surface area contributed by atoms with Gasteiger partial charge < -0.3 is 20.7 Å². The van der Waals surface area contributed by atoms with Crippen LogP contribution in [0.15, 0.2) is 48.5 Å². The van der Waals surface area contributed by atoms with Crippen LogP contribution in [-0.2, 0) is 9.53 Å². The van der Waals surface area contributed by atoms with Crippen molar-refractivity contribution in [3.63, 3.8) is 0 Å². The average molecular weight is 432 g/mol. The number of urea groups is 1. The summed E-state index contributed by atoms with van der Waals surface area (Å²) < 4.78 is 4.94. The van der Waals surface area contributed by atoms with Crippen LogP contribution in [0, 0.1) is 5.92 Å². The Balaban J connectivity index is 2.04. The third-order valence-corrected chi connectivity index (χ3v) is 4.76. The van der Waals surface area contributed by atoms with E-state index in [4.69, 9.17) is 16.3 Å². The highest BCUT2D eigenvalue weighted by molar-refractivity contribution is 6.30. The molecule has 7 nitrogen and oxygen atoms in total. The zero-order valence-electron chi connectivity index (χ0n) is 17.2. The SMILES string of the molecule is CCOC(=O)c1ccc(NC(=O)C(NC(=O)Nc2cccc(Cl)c2)C(C)CC)cc1. The monoisotopic (exact) mass is 431 g/mol. The van der Waals surface area contributed by atoms with Gasteiger partial charge >= 0.3 is 12.0 Å². The molecule has 3 N–H and O–H groups in total. The summed E-state index contributed by atoms with van der Waals surface area (Å²) in [6.07, 6.45) is 0.692. The molecule has 30 heavy (non-hydrogen) atoms. The fourth-order valence-corrected chi connectivity index (χ4v) is 2.89. The maximum absolute atomic E-state index is 12.8.